The molecule has 1 heterocycles. The lowest BCUT2D eigenvalue weighted by atomic mass is 10.2. The van der Waals surface area contributed by atoms with Gasteiger partial charge in [-0.25, -0.2) is 0 Å². The highest BCUT2D eigenvalue weighted by Gasteiger charge is 2.00. The third kappa shape index (κ3) is 3.82. The Bertz CT molecular complexity index is 402. The summed E-state index contributed by atoms with van der Waals surface area (Å²) in [5, 5.41) is 6.18. The van der Waals surface area contributed by atoms with Crippen molar-refractivity contribution in [3.05, 3.63) is 29.6 Å². The van der Waals surface area contributed by atoms with Crippen LogP contribution in [0.5, 0.6) is 0 Å². The molecule has 5 nitrogen and oxygen atoms in total. The van der Waals surface area contributed by atoms with Gasteiger partial charge in [0.25, 0.3) is 0 Å². The summed E-state index contributed by atoms with van der Waals surface area (Å²) in [6.45, 7) is 2.57. The Morgan fingerprint density at radius 1 is 1.62 bits per heavy atom. The van der Waals surface area contributed by atoms with Gasteiger partial charge in [-0.2, -0.15) is 0 Å². The third-order valence-corrected chi connectivity index (χ3v) is 2.26. The number of aromatic nitrogens is 1. The van der Waals surface area contributed by atoms with Crippen LogP contribution in [0, 0.1) is 6.92 Å². The molecule has 1 aromatic heterocycles. The second-order valence-corrected chi connectivity index (χ2v) is 3.59. The first-order valence-electron chi connectivity index (χ1n) is 4.81. The zero-order valence-corrected chi connectivity index (χ0v) is 10.1. The standard InChI is InChI=1S/C10H15N5S/c1-7-4-3-5-13-8(7)6-14-10(16)15-9(11)12-2/h3-5H,6H2,1-2H3,(H4,11,12,14,15,16). The van der Waals surface area contributed by atoms with Gasteiger partial charge < -0.3 is 16.4 Å². The predicted octanol–water partition coefficient (Wildman–Crippen LogP) is 0.299. The number of guanidine groups is 1. The zero-order valence-electron chi connectivity index (χ0n) is 9.32. The first kappa shape index (κ1) is 12.4. The molecular formula is C10H15N5S. The quantitative estimate of drug-likeness (QED) is 0.392. The molecule has 16 heavy (non-hydrogen) atoms. The number of nitrogens with one attached hydrogen (secondary N) is 2. The summed E-state index contributed by atoms with van der Waals surface area (Å²) in [6.07, 6.45) is 1.75. The Kier molecular flexibility index (Phi) is 4.65. The van der Waals surface area contributed by atoms with Gasteiger partial charge in [0.1, 0.15) is 0 Å². The van der Waals surface area contributed by atoms with Crippen LogP contribution in [-0.2, 0) is 6.54 Å². The number of nitrogens with zero attached hydrogens (tertiary/aromatic N) is 2. The van der Waals surface area contributed by atoms with Gasteiger partial charge >= 0.3 is 0 Å². The lowest BCUT2D eigenvalue weighted by molar-refractivity contribution is 0.856. The van der Waals surface area contributed by atoms with Crippen LogP contribution in [-0.4, -0.2) is 23.1 Å². The van der Waals surface area contributed by atoms with Crippen molar-refractivity contribution in [1.82, 2.24) is 15.6 Å². The van der Waals surface area contributed by atoms with Crippen molar-refractivity contribution >= 4 is 23.3 Å². The van der Waals surface area contributed by atoms with Crippen LogP contribution in [0.25, 0.3) is 0 Å². The molecule has 0 radical (unpaired) electrons. The van der Waals surface area contributed by atoms with Gasteiger partial charge in [-0.1, -0.05) is 6.07 Å². The average Bonchev–Trinajstić information content (AvgIpc) is 2.28. The van der Waals surface area contributed by atoms with E-state index in [1.54, 1.807) is 13.2 Å². The molecule has 0 fully saturated rings. The maximum Gasteiger partial charge on any atom is 0.194 e. The Balaban J connectivity index is 2.46. The molecule has 1 aromatic rings. The fourth-order valence-corrected chi connectivity index (χ4v) is 1.26. The minimum absolute atomic E-state index is 0.287. The highest BCUT2D eigenvalue weighted by Crippen LogP contribution is 2.01. The molecule has 86 valence electrons. The lowest BCUT2D eigenvalue weighted by Crippen LogP contribution is -2.42. The van der Waals surface area contributed by atoms with Crippen LogP contribution in [0.15, 0.2) is 23.3 Å². The van der Waals surface area contributed by atoms with Crippen LogP contribution in [0.2, 0.25) is 0 Å². The summed E-state index contributed by atoms with van der Waals surface area (Å²) in [6, 6.07) is 3.90. The minimum Gasteiger partial charge on any atom is -0.370 e. The number of aliphatic imine (C=N–C) groups is 1. The maximum absolute atomic E-state index is 5.47. The van der Waals surface area contributed by atoms with Crippen molar-refractivity contribution in [3.8, 4) is 0 Å². The van der Waals surface area contributed by atoms with Gasteiger partial charge in [-0.15, -0.1) is 0 Å². The average molecular weight is 237 g/mol. The molecule has 0 atom stereocenters. The van der Waals surface area contributed by atoms with Crippen LogP contribution in [0.3, 0.4) is 0 Å². The van der Waals surface area contributed by atoms with Crippen molar-refractivity contribution in [1.29, 1.82) is 0 Å². The molecule has 0 spiro atoms. The van der Waals surface area contributed by atoms with Crippen molar-refractivity contribution in [2.24, 2.45) is 10.7 Å². The summed E-state index contributed by atoms with van der Waals surface area (Å²) < 4.78 is 0. The topological polar surface area (TPSA) is 75.3 Å². The van der Waals surface area contributed by atoms with E-state index in [-0.39, 0.29) is 5.96 Å². The summed E-state index contributed by atoms with van der Waals surface area (Å²) in [5.41, 5.74) is 7.55. The molecule has 0 aromatic carbocycles. The number of aryl methyl sites for hydroxylation is 1. The van der Waals surface area contributed by atoms with E-state index in [1.807, 2.05) is 19.1 Å². The molecule has 1 rings (SSSR count). The van der Waals surface area contributed by atoms with Crippen LogP contribution in [0.1, 0.15) is 11.3 Å². The maximum atomic E-state index is 5.47. The summed E-state index contributed by atoms with van der Waals surface area (Å²) in [7, 11) is 1.59. The number of pyridine rings is 1. The Morgan fingerprint density at radius 2 is 2.38 bits per heavy atom. The molecule has 0 amide bonds. The van der Waals surface area contributed by atoms with Gasteiger partial charge in [-0.05, 0) is 30.8 Å². The molecular weight excluding hydrogens is 222 g/mol. The normalized spacial score (nSPS) is 11.0. The first-order chi connectivity index (χ1) is 7.63. The zero-order chi connectivity index (χ0) is 12.0. The molecule has 4 N–H and O–H groups in total. The van der Waals surface area contributed by atoms with Gasteiger partial charge in [0.15, 0.2) is 11.1 Å². The summed E-state index contributed by atoms with van der Waals surface area (Å²) in [5.74, 6) is 0.287. The SMILES string of the molecule is CN=C(N)NC(=S)NCc1ncccc1C. The highest BCUT2D eigenvalue weighted by molar-refractivity contribution is 7.80. The van der Waals surface area contributed by atoms with E-state index in [0.717, 1.165) is 11.3 Å². The van der Waals surface area contributed by atoms with Gasteiger partial charge in [0.05, 0.1) is 12.2 Å². The lowest BCUT2D eigenvalue weighted by Gasteiger charge is -2.10. The number of nitrogens with two attached hydrogens (primary N) is 1. The van der Waals surface area contributed by atoms with E-state index >= 15 is 0 Å². The molecule has 0 aliphatic heterocycles. The van der Waals surface area contributed by atoms with E-state index in [1.165, 1.54) is 0 Å². The molecule has 0 unspecified atom stereocenters. The molecule has 0 aliphatic rings. The summed E-state index contributed by atoms with van der Waals surface area (Å²) in [4.78, 5) is 7.98. The molecule has 0 saturated heterocycles. The van der Waals surface area contributed by atoms with Crippen molar-refractivity contribution in [3.63, 3.8) is 0 Å². The molecule has 6 heteroatoms. The number of rotatable bonds is 2. The Labute approximate surface area is 100 Å². The van der Waals surface area contributed by atoms with E-state index in [0.29, 0.717) is 11.7 Å². The highest BCUT2D eigenvalue weighted by atomic mass is 32.1. The fraction of sp³-hybridized carbons (Fsp3) is 0.300. The Morgan fingerprint density at radius 3 is 3.00 bits per heavy atom. The van der Waals surface area contributed by atoms with Crippen LogP contribution >= 0.6 is 12.2 Å². The van der Waals surface area contributed by atoms with Gasteiger partial charge in [0, 0.05) is 13.2 Å². The van der Waals surface area contributed by atoms with E-state index in [2.05, 4.69) is 20.6 Å². The third-order valence-electron chi connectivity index (χ3n) is 2.02. The summed E-state index contributed by atoms with van der Waals surface area (Å²) >= 11 is 5.03. The minimum atomic E-state index is 0.287. The van der Waals surface area contributed by atoms with E-state index in [9.17, 15) is 0 Å². The second kappa shape index (κ2) is 6.02. The molecule has 0 bridgehead atoms. The number of hydrogen-bond acceptors (Lipinski definition) is 3. The van der Waals surface area contributed by atoms with Crippen LogP contribution in [0.4, 0.5) is 0 Å². The van der Waals surface area contributed by atoms with Crippen molar-refractivity contribution in [2.75, 3.05) is 7.05 Å². The van der Waals surface area contributed by atoms with Crippen LogP contribution < -0.4 is 16.4 Å². The number of thiocarbonyl (C=S) groups is 1. The van der Waals surface area contributed by atoms with Crippen molar-refractivity contribution in [2.45, 2.75) is 13.5 Å². The monoisotopic (exact) mass is 237 g/mol. The van der Waals surface area contributed by atoms with E-state index < -0.39 is 0 Å². The number of hydrogen-bond donors (Lipinski definition) is 3. The van der Waals surface area contributed by atoms with Gasteiger partial charge in [0.2, 0.25) is 0 Å². The first-order valence-corrected chi connectivity index (χ1v) is 5.22. The predicted molar refractivity (Wildman–Crippen MR) is 69.1 cm³/mol. The van der Waals surface area contributed by atoms with Gasteiger partial charge in [-0.3, -0.25) is 9.98 Å². The smallest absolute Gasteiger partial charge is 0.194 e. The van der Waals surface area contributed by atoms with Crippen molar-refractivity contribution < 1.29 is 0 Å². The second-order valence-electron chi connectivity index (χ2n) is 3.18. The largest absolute Gasteiger partial charge is 0.370 e. The van der Waals surface area contributed by atoms with E-state index in [4.69, 9.17) is 18.0 Å². The molecule has 0 saturated carbocycles. The fourth-order valence-electron chi connectivity index (χ4n) is 1.08. The molecule has 0 aliphatic carbocycles. The Hall–Kier alpha value is -1.69.